The van der Waals surface area contributed by atoms with E-state index in [1.165, 1.54) is 18.6 Å². The second-order valence-corrected chi connectivity index (χ2v) is 3.29. The van der Waals surface area contributed by atoms with Crippen LogP contribution in [0, 0.1) is 5.82 Å². The minimum atomic E-state index is -0.510. The van der Waals surface area contributed by atoms with Gasteiger partial charge in [0.1, 0.15) is 17.3 Å². The zero-order valence-corrected chi connectivity index (χ0v) is 8.65. The number of nitrogens with zero attached hydrogens (tertiary/aromatic N) is 3. The molecule has 0 unspecified atom stereocenters. The molecule has 0 atom stereocenters. The molecule has 0 radical (unpaired) electrons. The fraction of sp³-hybridized carbons (Fsp3) is 0. The van der Waals surface area contributed by atoms with E-state index in [1.807, 2.05) is 0 Å². The molecule has 0 saturated carbocycles. The molecule has 2 heterocycles. The molecule has 0 spiro atoms. The third-order valence-corrected chi connectivity index (χ3v) is 2.23. The molecule has 0 bridgehead atoms. The first kappa shape index (κ1) is 10.6. The Bertz CT molecular complexity index is 547. The number of aromatic nitrogens is 3. The molecule has 0 aliphatic rings. The van der Waals surface area contributed by atoms with E-state index in [2.05, 4.69) is 15.0 Å². The van der Waals surface area contributed by atoms with Crippen LogP contribution in [-0.4, -0.2) is 21.2 Å². The Labute approximate surface area is 95.1 Å². The van der Waals surface area contributed by atoms with E-state index in [1.54, 1.807) is 0 Å². The Morgan fingerprint density at radius 2 is 2.12 bits per heavy atom. The van der Waals surface area contributed by atoms with Gasteiger partial charge in [0.25, 0.3) is 0 Å². The van der Waals surface area contributed by atoms with Crippen molar-refractivity contribution < 1.29 is 9.18 Å². The Morgan fingerprint density at radius 3 is 2.81 bits per heavy atom. The van der Waals surface area contributed by atoms with E-state index in [0.29, 0.717) is 11.8 Å². The van der Waals surface area contributed by atoms with Gasteiger partial charge in [-0.15, -0.1) is 0 Å². The molecule has 6 heteroatoms. The van der Waals surface area contributed by atoms with Crippen LogP contribution in [0.4, 0.5) is 4.39 Å². The summed E-state index contributed by atoms with van der Waals surface area (Å²) >= 11 is 5.72. The summed E-state index contributed by atoms with van der Waals surface area (Å²) in [5.74, 6) is -0.510. The Morgan fingerprint density at radius 1 is 1.31 bits per heavy atom. The first-order valence-electron chi connectivity index (χ1n) is 4.29. The molecule has 0 aliphatic heterocycles. The molecule has 0 amide bonds. The highest BCUT2D eigenvalue weighted by atomic mass is 35.5. The van der Waals surface area contributed by atoms with Crippen molar-refractivity contribution in [3.63, 3.8) is 0 Å². The van der Waals surface area contributed by atoms with Crippen LogP contribution in [0.3, 0.4) is 0 Å². The highest BCUT2D eigenvalue weighted by Crippen LogP contribution is 2.23. The van der Waals surface area contributed by atoms with E-state index >= 15 is 0 Å². The Balaban J connectivity index is 2.64. The quantitative estimate of drug-likeness (QED) is 0.593. The van der Waals surface area contributed by atoms with Crippen LogP contribution >= 0.6 is 11.6 Å². The van der Waals surface area contributed by atoms with E-state index in [-0.39, 0.29) is 16.4 Å². The van der Waals surface area contributed by atoms with Gasteiger partial charge >= 0.3 is 0 Å². The maximum atomic E-state index is 13.0. The Hall–Kier alpha value is -1.88. The van der Waals surface area contributed by atoms with Gasteiger partial charge in [-0.3, -0.25) is 9.78 Å². The van der Waals surface area contributed by atoms with E-state index in [4.69, 9.17) is 11.6 Å². The molecule has 0 aliphatic carbocycles. The minimum absolute atomic E-state index is 0.0317. The first-order chi connectivity index (χ1) is 7.72. The van der Waals surface area contributed by atoms with E-state index < -0.39 is 5.82 Å². The zero-order chi connectivity index (χ0) is 11.5. The van der Waals surface area contributed by atoms with Gasteiger partial charge in [-0.1, -0.05) is 11.6 Å². The lowest BCUT2D eigenvalue weighted by molar-refractivity contribution is 0.112. The van der Waals surface area contributed by atoms with Crippen molar-refractivity contribution >= 4 is 17.9 Å². The summed E-state index contributed by atoms with van der Waals surface area (Å²) in [4.78, 5) is 22.1. The van der Waals surface area contributed by atoms with Crippen molar-refractivity contribution in [2.45, 2.75) is 0 Å². The highest BCUT2D eigenvalue weighted by Gasteiger charge is 2.11. The Kier molecular flexibility index (Phi) is 2.87. The summed E-state index contributed by atoms with van der Waals surface area (Å²) in [6.45, 7) is 0. The third kappa shape index (κ3) is 1.90. The van der Waals surface area contributed by atoms with E-state index in [9.17, 15) is 9.18 Å². The topological polar surface area (TPSA) is 55.7 Å². The monoisotopic (exact) mass is 237 g/mol. The summed E-state index contributed by atoms with van der Waals surface area (Å²) in [5.41, 5.74) is 0.768. The van der Waals surface area contributed by atoms with Crippen LogP contribution in [0.5, 0.6) is 0 Å². The van der Waals surface area contributed by atoms with Gasteiger partial charge in [0.05, 0.1) is 17.5 Å². The maximum absolute atomic E-state index is 13.0. The summed E-state index contributed by atoms with van der Waals surface area (Å²) in [6, 6.07) is 1.22. The van der Waals surface area contributed by atoms with Crippen molar-refractivity contribution in [1.82, 2.24) is 15.0 Å². The number of halogens is 2. The molecule has 2 aromatic rings. The standard InChI is InChI=1S/C10H5ClFN3O/c11-10-8(4-16)9(14-5-15-10)6-1-7(12)3-13-2-6/h1-5H. The van der Waals surface area contributed by atoms with Crippen molar-refractivity contribution in [3.05, 3.63) is 41.3 Å². The number of rotatable bonds is 2. The number of carbonyl (C=O) groups excluding carboxylic acids is 1. The molecular weight excluding hydrogens is 233 g/mol. The van der Waals surface area contributed by atoms with Crippen molar-refractivity contribution in [3.8, 4) is 11.3 Å². The van der Waals surface area contributed by atoms with Gasteiger partial charge in [0.2, 0.25) is 0 Å². The fourth-order valence-electron chi connectivity index (χ4n) is 1.25. The van der Waals surface area contributed by atoms with Crippen LogP contribution in [0.15, 0.2) is 24.8 Å². The first-order valence-corrected chi connectivity index (χ1v) is 4.67. The summed E-state index contributed by atoms with van der Waals surface area (Å²) < 4.78 is 13.0. The fourth-order valence-corrected chi connectivity index (χ4v) is 1.43. The van der Waals surface area contributed by atoms with Crippen molar-refractivity contribution in [2.75, 3.05) is 0 Å². The average molecular weight is 238 g/mol. The molecule has 0 fully saturated rings. The summed E-state index contributed by atoms with van der Waals surface area (Å²) in [5, 5.41) is 0.0317. The van der Waals surface area contributed by atoms with Crippen LogP contribution in [-0.2, 0) is 0 Å². The lowest BCUT2D eigenvalue weighted by Gasteiger charge is -2.03. The molecule has 0 aromatic carbocycles. The highest BCUT2D eigenvalue weighted by molar-refractivity contribution is 6.32. The normalized spacial score (nSPS) is 10.1. The van der Waals surface area contributed by atoms with Crippen LogP contribution < -0.4 is 0 Å². The lowest BCUT2D eigenvalue weighted by Crippen LogP contribution is -1.96. The van der Waals surface area contributed by atoms with Crippen LogP contribution in [0.1, 0.15) is 10.4 Å². The van der Waals surface area contributed by atoms with Crippen LogP contribution in [0.25, 0.3) is 11.3 Å². The number of hydrogen-bond donors (Lipinski definition) is 0. The van der Waals surface area contributed by atoms with E-state index in [0.717, 1.165) is 6.20 Å². The predicted molar refractivity (Wildman–Crippen MR) is 55.6 cm³/mol. The largest absolute Gasteiger partial charge is 0.298 e. The smallest absolute Gasteiger partial charge is 0.155 e. The van der Waals surface area contributed by atoms with Crippen molar-refractivity contribution in [1.29, 1.82) is 0 Å². The molecule has 2 aromatic heterocycles. The van der Waals surface area contributed by atoms with Gasteiger partial charge in [0.15, 0.2) is 6.29 Å². The van der Waals surface area contributed by atoms with Gasteiger partial charge < -0.3 is 0 Å². The van der Waals surface area contributed by atoms with Gasteiger partial charge in [-0.25, -0.2) is 14.4 Å². The molecule has 0 N–H and O–H groups in total. The summed E-state index contributed by atoms with van der Waals surface area (Å²) in [6.07, 6.45) is 4.19. The molecule has 4 nitrogen and oxygen atoms in total. The molecule has 2 rings (SSSR count). The number of hydrogen-bond acceptors (Lipinski definition) is 4. The molecule has 80 valence electrons. The van der Waals surface area contributed by atoms with Gasteiger partial charge in [-0.05, 0) is 6.07 Å². The van der Waals surface area contributed by atoms with Gasteiger partial charge in [-0.2, -0.15) is 0 Å². The predicted octanol–water partition coefficient (Wildman–Crippen LogP) is 2.14. The second-order valence-electron chi connectivity index (χ2n) is 2.94. The zero-order valence-electron chi connectivity index (χ0n) is 7.89. The summed E-state index contributed by atoms with van der Waals surface area (Å²) in [7, 11) is 0. The number of carbonyl (C=O) groups is 1. The molecule has 0 saturated heterocycles. The SMILES string of the molecule is O=Cc1c(Cl)ncnc1-c1cncc(F)c1. The second kappa shape index (κ2) is 4.32. The lowest BCUT2D eigenvalue weighted by atomic mass is 10.1. The number of pyridine rings is 1. The van der Waals surface area contributed by atoms with Crippen molar-refractivity contribution in [2.24, 2.45) is 0 Å². The molecular formula is C10H5ClFN3O. The van der Waals surface area contributed by atoms with Crippen LogP contribution in [0.2, 0.25) is 5.15 Å². The molecule has 16 heavy (non-hydrogen) atoms. The van der Waals surface area contributed by atoms with Gasteiger partial charge in [0, 0.05) is 11.8 Å². The maximum Gasteiger partial charge on any atom is 0.155 e. The minimum Gasteiger partial charge on any atom is -0.298 e. The third-order valence-electron chi connectivity index (χ3n) is 1.93. The number of aldehydes is 1. The average Bonchev–Trinajstić information content (AvgIpc) is 2.28.